The molecule has 1 atom stereocenters. The highest BCUT2D eigenvalue weighted by Gasteiger charge is 2.20. The van der Waals surface area contributed by atoms with E-state index < -0.39 is 6.04 Å². The second-order valence-electron chi connectivity index (χ2n) is 11.1. The van der Waals surface area contributed by atoms with Crippen LogP contribution in [0.4, 0.5) is 0 Å². The highest BCUT2D eigenvalue weighted by atomic mass is 16.6. The van der Waals surface area contributed by atoms with Crippen molar-refractivity contribution < 1.29 is 61.9 Å². The van der Waals surface area contributed by atoms with Crippen molar-refractivity contribution in [2.75, 3.05) is 139 Å². The molecule has 0 unspecified atom stereocenters. The number of carbonyl (C=O) groups excluding carboxylic acids is 3. The van der Waals surface area contributed by atoms with E-state index in [0.29, 0.717) is 118 Å². The Morgan fingerprint density at radius 2 is 0.882 bits per heavy atom. The van der Waals surface area contributed by atoms with Crippen LogP contribution in [0, 0.1) is 0 Å². The van der Waals surface area contributed by atoms with Crippen LogP contribution in [0.3, 0.4) is 0 Å². The summed E-state index contributed by atoms with van der Waals surface area (Å²) in [7, 11) is 0. The minimum atomic E-state index is -0.738. The molecule has 0 heterocycles. The van der Waals surface area contributed by atoms with Gasteiger partial charge in [0.2, 0.25) is 17.7 Å². The quantitative estimate of drug-likeness (QED) is 0.0499. The molecule has 0 radical (unpaired) electrons. The van der Waals surface area contributed by atoms with E-state index in [1.165, 1.54) is 0 Å². The van der Waals surface area contributed by atoms with E-state index in [1.54, 1.807) is 0 Å². The van der Waals surface area contributed by atoms with Crippen LogP contribution in [0.25, 0.3) is 0 Å². The first-order chi connectivity index (χ1) is 25.0. The van der Waals surface area contributed by atoms with E-state index in [-0.39, 0.29) is 56.9 Å². The summed E-state index contributed by atoms with van der Waals surface area (Å²) >= 11 is 0. The van der Waals surface area contributed by atoms with Crippen molar-refractivity contribution in [1.29, 1.82) is 0 Å². The third kappa shape index (κ3) is 37.5. The lowest BCUT2D eigenvalue weighted by atomic mass is 10.1. The summed E-state index contributed by atoms with van der Waals surface area (Å²) in [5.74, 6) is 4.24. The van der Waals surface area contributed by atoms with Gasteiger partial charge in [-0.05, 0) is 32.1 Å². The van der Waals surface area contributed by atoms with Crippen molar-refractivity contribution in [3.05, 3.63) is 0 Å². The van der Waals surface area contributed by atoms with Gasteiger partial charge in [0.25, 0.3) is 0 Å². The first kappa shape index (κ1) is 49.0. The van der Waals surface area contributed by atoms with E-state index in [1.807, 2.05) is 0 Å². The Balaban J connectivity index is 4.12. The van der Waals surface area contributed by atoms with Crippen LogP contribution >= 0.6 is 0 Å². The summed E-state index contributed by atoms with van der Waals surface area (Å²) in [5.41, 5.74) is 0. The van der Waals surface area contributed by atoms with Crippen LogP contribution in [0.5, 0.6) is 0 Å². The molecule has 0 aliphatic rings. The molecule has 0 bridgehead atoms. The highest BCUT2D eigenvalue weighted by molar-refractivity contribution is 5.87. The predicted octanol–water partition coefficient (Wildman–Crippen LogP) is 0.514. The van der Waals surface area contributed by atoms with Crippen LogP contribution in [0.2, 0.25) is 0 Å². The fourth-order valence-electron chi connectivity index (χ4n) is 4.05. The molecule has 17 heteroatoms. The van der Waals surface area contributed by atoms with Crippen molar-refractivity contribution in [2.24, 2.45) is 5.90 Å². The summed E-state index contributed by atoms with van der Waals surface area (Å²) in [6.45, 7) is 13.3. The maximum Gasteiger partial charge on any atom is 0.242 e. The number of nitrogens with one attached hydrogen (secondary N) is 3. The van der Waals surface area contributed by atoms with Crippen molar-refractivity contribution >= 4 is 17.7 Å². The molecule has 0 rings (SSSR count). The third-order valence-corrected chi connectivity index (χ3v) is 6.66. The van der Waals surface area contributed by atoms with Crippen LogP contribution in [0.1, 0.15) is 58.8 Å². The molecule has 5 N–H and O–H groups in total. The van der Waals surface area contributed by atoms with Crippen molar-refractivity contribution in [3.8, 4) is 0 Å². The van der Waals surface area contributed by atoms with Crippen LogP contribution in [0.15, 0.2) is 0 Å². The van der Waals surface area contributed by atoms with Crippen LogP contribution in [-0.2, 0) is 61.9 Å². The molecule has 0 saturated heterocycles. The third-order valence-electron chi connectivity index (χ3n) is 6.66. The molecule has 0 spiro atoms. The largest absolute Gasteiger partial charge is 0.379 e. The first-order valence-corrected chi connectivity index (χ1v) is 18.4. The summed E-state index contributed by atoms with van der Waals surface area (Å²) in [6.07, 6.45) is 3.95. The van der Waals surface area contributed by atoms with Crippen molar-refractivity contribution in [3.63, 3.8) is 0 Å². The number of hydrogen-bond acceptors (Lipinski definition) is 14. The van der Waals surface area contributed by atoms with Gasteiger partial charge in [0.05, 0.1) is 112 Å². The number of nitrogens with two attached hydrogens (primary N) is 1. The number of ether oxygens (including phenoxy) is 9. The van der Waals surface area contributed by atoms with Crippen molar-refractivity contribution in [2.45, 2.75) is 64.8 Å². The molecule has 3 amide bonds. The van der Waals surface area contributed by atoms with Gasteiger partial charge in [-0.25, -0.2) is 5.90 Å². The minimum absolute atomic E-state index is 0.0978. The van der Waals surface area contributed by atoms with Gasteiger partial charge in [-0.1, -0.05) is 13.8 Å². The Kier molecular flexibility index (Phi) is 39.1. The number of amides is 3. The smallest absolute Gasteiger partial charge is 0.242 e. The van der Waals surface area contributed by atoms with Gasteiger partial charge < -0.3 is 63.4 Å². The van der Waals surface area contributed by atoms with Gasteiger partial charge >= 0.3 is 0 Å². The van der Waals surface area contributed by atoms with Crippen molar-refractivity contribution in [1.82, 2.24) is 16.0 Å². The summed E-state index contributed by atoms with van der Waals surface area (Å²) in [5, 5.41) is 8.43. The van der Waals surface area contributed by atoms with E-state index in [9.17, 15) is 14.4 Å². The van der Waals surface area contributed by atoms with E-state index >= 15 is 0 Å². The molecule has 302 valence electrons. The number of carbonyl (C=O) groups is 3. The maximum atomic E-state index is 12.8. The Morgan fingerprint density at radius 1 is 0.471 bits per heavy atom. The Hall–Kier alpha value is -2.03. The van der Waals surface area contributed by atoms with Gasteiger partial charge in [0.15, 0.2) is 0 Å². The summed E-state index contributed by atoms with van der Waals surface area (Å²) in [4.78, 5) is 42.0. The highest BCUT2D eigenvalue weighted by Crippen LogP contribution is 2.03. The van der Waals surface area contributed by atoms with Crippen LogP contribution in [-0.4, -0.2) is 162 Å². The lowest BCUT2D eigenvalue weighted by Crippen LogP contribution is -2.47. The summed E-state index contributed by atoms with van der Waals surface area (Å²) < 4.78 is 48.7. The zero-order valence-electron chi connectivity index (χ0n) is 31.3. The van der Waals surface area contributed by atoms with Gasteiger partial charge in [-0.3, -0.25) is 14.4 Å². The second kappa shape index (κ2) is 40.7. The molecule has 0 aliphatic carbocycles. The molecule has 0 aromatic carbocycles. The van der Waals surface area contributed by atoms with Gasteiger partial charge in [-0.15, -0.1) is 0 Å². The number of rotatable bonds is 41. The zero-order valence-corrected chi connectivity index (χ0v) is 31.3. The monoisotopic (exact) mass is 740 g/mol. The molecular formula is C34H68N4O13. The average Bonchev–Trinajstić information content (AvgIpc) is 3.12. The molecule has 0 aromatic rings. The second-order valence-corrected chi connectivity index (χ2v) is 11.1. The number of unbranched alkanes of at least 4 members (excludes halogenated alkanes) is 1. The molecule has 0 fully saturated rings. The van der Waals surface area contributed by atoms with Gasteiger partial charge in [0, 0.05) is 39.1 Å². The normalized spacial score (nSPS) is 11.8. The number of hydrogen-bond donors (Lipinski definition) is 4. The summed E-state index contributed by atoms with van der Waals surface area (Å²) in [6, 6.07) is -0.738. The SMILES string of the molecule is CCCOCCOCCOCCOCCC(=O)NCCCC[C@H](NC(=O)CCOCCOCCOCCOCCC)C(=O)NCCOCCON. The standard InChI is InChI=1S/C34H68N4O13/c1-3-12-42-17-21-47-25-27-49-23-19-44-14-8-32(39)36-10-6-5-7-31(34(41)37-11-16-46-29-30-51-35)38-33(40)9-15-45-20-24-50-28-26-48-22-18-43-13-4-2/h31H,3-30,35H2,1-2H3,(H,36,39)(H,37,41)(H,38,40)/t31-/m0/s1. The Labute approximate surface area is 304 Å². The van der Waals surface area contributed by atoms with E-state index in [0.717, 1.165) is 26.1 Å². The molecule has 51 heavy (non-hydrogen) atoms. The zero-order chi connectivity index (χ0) is 37.3. The van der Waals surface area contributed by atoms with Crippen LogP contribution < -0.4 is 21.8 Å². The predicted molar refractivity (Wildman–Crippen MR) is 189 cm³/mol. The molecule has 0 saturated carbocycles. The molecule has 0 aromatic heterocycles. The average molecular weight is 741 g/mol. The fraction of sp³-hybridized carbons (Fsp3) is 0.912. The lowest BCUT2D eigenvalue weighted by Gasteiger charge is -2.19. The minimum Gasteiger partial charge on any atom is -0.379 e. The molecule has 0 aliphatic heterocycles. The van der Waals surface area contributed by atoms with E-state index in [2.05, 4.69) is 34.6 Å². The van der Waals surface area contributed by atoms with Gasteiger partial charge in [-0.2, -0.15) is 0 Å². The van der Waals surface area contributed by atoms with Gasteiger partial charge in [0.1, 0.15) is 6.04 Å². The maximum absolute atomic E-state index is 12.8. The van der Waals surface area contributed by atoms with E-state index in [4.69, 9.17) is 48.5 Å². The molecule has 17 nitrogen and oxygen atoms in total. The lowest BCUT2D eigenvalue weighted by molar-refractivity contribution is -0.130. The fourth-order valence-corrected chi connectivity index (χ4v) is 4.05. The Morgan fingerprint density at radius 3 is 1.35 bits per heavy atom. The topological polar surface area (TPSA) is 206 Å². The Bertz CT molecular complexity index is 787. The molecular weight excluding hydrogens is 672 g/mol. The first-order valence-electron chi connectivity index (χ1n) is 18.4.